The van der Waals surface area contributed by atoms with Crippen molar-refractivity contribution in [1.82, 2.24) is 0 Å². The van der Waals surface area contributed by atoms with Crippen LogP contribution in [0, 0.1) is 0 Å². The molecule has 0 nitrogen and oxygen atoms in total. The third-order valence-corrected chi connectivity index (χ3v) is 1.92. The average Bonchev–Trinajstić information content (AvgIpc) is 2.04. The molecule has 0 heterocycles. The van der Waals surface area contributed by atoms with Crippen molar-refractivity contribution < 1.29 is 0 Å². The van der Waals surface area contributed by atoms with Gasteiger partial charge in [0, 0.05) is 6.42 Å². The lowest BCUT2D eigenvalue weighted by Gasteiger charge is -2.05. The molecule has 0 saturated heterocycles. The van der Waals surface area contributed by atoms with Crippen molar-refractivity contribution in [2.75, 3.05) is 0 Å². The molecule has 0 spiro atoms. The predicted molar refractivity (Wildman–Crippen MR) is 60.4 cm³/mol. The van der Waals surface area contributed by atoms with Gasteiger partial charge in [-0.1, -0.05) is 77.3 Å². The molecule has 0 aliphatic heterocycles. The number of halogens is 3. The van der Waals surface area contributed by atoms with Gasteiger partial charge < -0.3 is 0 Å². The van der Waals surface area contributed by atoms with Gasteiger partial charge in [-0.05, 0) is 5.56 Å². The highest BCUT2D eigenvalue weighted by atomic mass is 35.6. The Morgan fingerprint density at radius 2 is 1.69 bits per heavy atom. The van der Waals surface area contributed by atoms with Crippen LogP contribution in [0.4, 0.5) is 0 Å². The van der Waals surface area contributed by atoms with E-state index in [1.165, 1.54) is 0 Å². The summed E-state index contributed by atoms with van der Waals surface area (Å²) in [6, 6.07) is 9.89. The molecule has 0 aliphatic rings. The van der Waals surface area contributed by atoms with Gasteiger partial charge in [-0.15, -0.1) is 0 Å². The minimum atomic E-state index is -1.19. The van der Waals surface area contributed by atoms with Gasteiger partial charge in [-0.2, -0.15) is 0 Å². The van der Waals surface area contributed by atoms with Crippen molar-refractivity contribution in [2.24, 2.45) is 0 Å². The molecule has 0 amide bonds. The van der Waals surface area contributed by atoms with Crippen LogP contribution in [0.2, 0.25) is 0 Å². The summed E-state index contributed by atoms with van der Waals surface area (Å²) < 4.78 is -1.19. The largest absolute Gasteiger partial charge is 0.194 e. The molecule has 0 unspecified atom stereocenters. The molecule has 1 aromatic rings. The van der Waals surface area contributed by atoms with E-state index >= 15 is 0 Å². The zero-order chi connectivity index (χ0) is 9.73. The second-order valence-corrected chi connectivity index (χ2v) is 5.15. The molecule has 0 aliphatic carbocycles. The number of alkyl halides is 3. The standard InChI is InChI=1S/C10H9Cl3/c11-10(12,13)8-4-7-9-5-2-1-3-6-9/h1-7H,8H2. The molecule has 1 rings (SSSR count). The van der Waals surface area contributed by atoms with Crippen molar-refractivity contribution in [1.29, 1.82) is 0 Å². The Labute approximate surface area is 93.1 Å². The summed E-state index contributed by atoms with van der Waals surface area (Å²) in [6.07, 6.45) is 4.21. The monoisotopic (exact) mass is 234 g/mol. The van der Waals surface area contributed by atoms with Crippen LogP contribution in [-0.4, -0.2) is 3.79 Å². The first-order chi connectivity index (χ1) is 6.08. The van der Waals surface area contributed by atoms with Gasteiger partial charge in [0.2, 0.25) is 0 Å². The van der Waals surface area contributed by atoms with E-state index in [9.17, 15) is 0 Å². The number of allylic oxidation sites excluding steroid dienone is 1. The number of benzene rings is 1. The second kappa shape index (κ2) is 4.90. The van der Waals surface area contributed by atoms with E-state index in [0.29, 0.717) is 6.42 Å². The molecule has 0 N–H and O–H groups in total. The minimum Gasteiger partial charge on any atom is -0.0833 e. The maximum Gasteiger partial charge on any atom is 0.194 e. The Morgan fingerprint density at radius 1 is 1.08 bits per heavy atom. The van der Waals surface area contributed by atoms with Crippen molar-refractivity contribution in [3.63, 3.8) is 0 Å². The highest BCUT2D eigenvalue weighted by molar-refractivity contribution is 6.67. The van der Waals surface area contributed by atoms with E-state index in [-0.39, 0.29) is 0 Å². The van der Waals surface area contributed by atoms with Crippen LogP contribution in [0.5, 0.6) is 0 Å². The maximum atomic E-state index is 5.58. The van der Waals surface area contributed by atoms with Crippen LogP contribution in [0.25, 0.3) is 6.08 Å². The van der Waals surface area contributed by atoms with E-state index in [1.807, 2.05) is 42.5 Å². The lowest BCUT2D eigenvalue weighted by molar-refractivity contribution is 1.08. The van der Waals surface area contributed by atoms with Crippen molar-refractivity contribution in [3.8, 4) is 0 Å². The number of hydrogen-bond donors (Lipinski definition) is 0. The SMILES string of the molecule is ClC(Cl)(Cl)CC=Cc1ccccc1. The van der Waals surface area contributed by atoms with E-state index < -0.39 is 3.79 Å². The molecule has 0 saturated carbocycles. The van der Waals surface area contributed by atoms with Crippen LogP contribution in [0.3, 0.4) is 0 Å². The Morgan fingerprint density at radius 3 is 2.23 bits per heavy atom. The van der Waals surface area contributed by atoms with Gasteiger partial charge in [0.1, 0.15) is 0 Å². The molecule has 0 radical (unpaired) electrons. The van der Waals surface area contributed by atoms with Gasteiger partial charge in [0.15, 0.2) is 3.79 Å². The highest BCUT2D eigenvalue weighted by Gasteiger charge is 2.16. The van der Waals surface area contributed by atoms with Crippen molar-refractivity contribution in [2.45, 2.75) is 10.2 Å². The van der Waals surface area contributed by atoms with Gasteiger partial charge in [0.25, 0.3) is 0 Å². The first-order valence-electron chi connectivity index (χ1n) is 3.86. The molecular weight excluding hydrogens is 226 g/mol. The second-order valence-electron chi connectivity index (χ2n) is 2.63. The smallest absolute Gasteiger partial charge is 0.0833 e. The Balaban J connectivity index is 2.51. The van der Waals surface area contributed by atoms with Gasteiger partial charge in [0.05, 0.1) is 0 Å². The third kappa shape index (κ3) is 5.20. The lowest BCUT2D eigenvalue weighted by atomic mass is 10.2. The minimum absolute atomic E-state index is 0.423. The predicted octanol–water partition coefficient (Wildman–Crippen LogP) is 4.46. The van der Waals surface area contributed by atoms with Crippen LogP contribution in [0.1, 0.15) is 12.0 Å². The zero-order valence-electron chi connectivity index (χ0n) is 6.88. The molecule has 1 aromatic carbocycles. The Hall–Kier alpha value is -0.170. The average molecular weight is 236 g/mol. The number of rotatable bonds is 2. The summed E-state index contributed by atoms with van der Waals surface area (Å²) >= 11 is 16.7. The maximum absolute atomic E-state index is 5.58. The summed E-state index contributed by atoms with van der Waals surface area (Å²) in [7, 11) is 0. The summed E-state index contributed by atoms with van der Waals surface area (Å²) in [6.45, 7) is 0. The van der Waals surface area contributed by atoms with Crippen LogP contribution < -0.4 is 0 Å². The Kier molecular flexibility index (Phi) is 4.11. The van der Waals surface area contributed by atoms with Crippen molar-refractivity contribution in [3.05, 3.63) is 42.0 Å². The Bertz CT molecular complexity index is 272. The zero-order valence-corrected chi connectivity index (χ0v) is 9.15. The van der Waals surface area contributed by atoms with Gasteiger partial charge in [-0.3, -0.25) is 0 Å². The van der Waals surface area contributed by atoms with Crippen LogP contribution in [0.15, 0.2) is 36.4 Å². The van der Waals surface area contributed by atoms with E-state index in [0.717, 1.165) is 5.56 Å². The van der Waals surface area contributed by atoms with E-state index in [1.54, 1.807) is 0 Å². The third-order valence-electron chi connectivity index (χ3n) is 1.46. The van der Waals surface area contributed by atoms with E-state index in [4.69, 9.17) is 34.8 Å². The topological polar surface area (TPSA) is 0 Å². The summed E-state index contributed by atoms with van der Waals surface area (Å²) in [4.78, 5) is 0. The first kappa shape index (κ1) is 10.9. The van der Waals surface area contributed by atoms with Crippen LogP contribution in [-0.2, 0) is 0 Å². The molecular formula is C10H9Cl3. The molecule has 0 atom stereocenters. The lowest BCUT2D eigenvalue weighted by Crippen LogP contribution is -1.97. The fraction of sp³-hybridized carbons (Fsp3) is 0.200. The van der Waals surface area contributed by atoms with Crippen LogP contribution >= 0.6 is 34.8 Å². The molecule has 70 valence electrons. The highest BCUT2D eigenvalue weighted by Crippen LogP contribution is 2.30. The molecule has 3 heteroatoms. The quantitative estimate of drug-likeness (QED) is 0.664. The fourth-order valence-electron chi connectivity index (χ4n) is 0.893. The normalized spacial score (nSPS) is 12.2. The van der Waals surface area contributed by atoms with Crippen molar-refractivity contribution >= 4 is 40.9 Å². The molecule has 0 aromatic heterocycles. The van der Waals surface area contributed by atoms with Gasteiger partial charge in [-0.25, -0.2) is 0 Å². The summed E-state index contributed by atoms with van der Waals surface area (Å²) in [5, 5.41) is 0. The molecule has 13 heavy (non-hydrogen) atoms. The fourth-order valence-corrected chi connectivity index (χ4v) is 1.16. The van der Waals surface area contributed by atoms with Gasteiger partial charge >= 0.3 is 0 Å². The first-order valence-corrected chi connectivity index (χ1v) is 5.00. The summed E-state index contributed by atoms with van der Waals surface area (Å²) in [5.74, 6) is 0. The number of hydrogen-bond acceptors (Lipinski definition) is 0. The molecule has 0 fully saturated rings. The summed E-state index contributed by atoms with van der Waals surface area (Å²) in [5.41, 5.74) is 1.11. The molecule has 0 bridgehead atoms. The van der Waals surface area contributed by atoms with E-state index in [2.05, 4.69) is 0 Å².